The first kappa shape index (κ1) is 20.0. The van der Waals surface area contributed by atoms with Crippen molar-refractivity contribution < 1.29 is 19.0 Å². The maximum Gasteiger partial charge on any atom is 0.511 e. The molecule has 2 fully saturated rings. The Bertz CT molecular complexity index is 1060. The highest BCUT2D eigenvalue weighted by molar-refractivity contribution is 6.38. The minimum absolute atomic E-state index is 0.0109. The molecule has 1 aliphatic heterocycles. The van der Waals surface area contributed by atoms with Crippen LogP contribution in [-0.4, -0.2) is 34.5 Å². The molecule has 2 aliphatic rings. The van der Waals surface area contributed by atoms with E-state index >= 15 is 4.39 Å². The fourth-order valence-corrected chi connectivity index (χ4v) is 4.48. The first-order valence-corrected chi connectivity index (χ1v) is 9.97. The van der Waals surface area contributed by atoms with Crippen LogP contribution in [0.2, 0.25) is 5.02 Å². The van der Waals surface area contributed by atoms with E-state index in [4.69, 9.17) is 22.4 Å². The summed E-state index contributed by atoms with van der Waals surface area (Å²) < 4.78 is 21.5. The van der Waals surface area contributed by atoms with Gasteiger partial charge in [-0.1, -0.05) is 11.6 Å². The van der Waals surface area contributed by atoms with Crippen molar-refractivity contribution in [2.75, 3.05) is 18.0 Å². The lowest BCUT2D eigenvalue weighted by molar-refractivity contribution is 0.143. The Hall–Kier alpha value is -2.32. The molecule has 3 N–H and O–H groups in total. The number of nitrogens with zero attached hydrogens (tertiary/aromatic N) is 2. The third-order valence-electron chi connectivity index (χ3n) is 5.85. The molecule has 1 atom stereocenters. The van der Waals surface area contributed by atoms with Crippen LogP contribution in [0.5, 0.6) is 5.75 Å². The number of ether oxygens (including phenoxy) is 1. The maximum atomic E-state index is 15.1. The predicted molar refractivity (Wildman–Crippen MR) is 109 cm³/mol. The number of benzene rings is 1. The molecule has 1 saturated heterocycles. The zero-order chi connectivity index (χ0) is 21.1. The van der Waals surface area contributed by atoms with Gasteiger partial charge in [0.25, 0.3) is 0 Å². The normalized spacial score (nSPS) is 19.8. The lowest BCUT2D eigenvalue weighted by Gasteiger charge is -2.28. The second-order valence-electron chi connectivity index (χ2n) is 8.50. The van der Waals surface area contributed by atoms with Gasteiger partial charge >= 0.3 is 6.16 Å². The van der Waals surface area contributed by atoms with Crippen molar-refractivity contribution in [1.29, 1.82) is 0 Å². The number of nitrogens with two attached hydrogens (primary N) is 1. The summed E-state index contributed by atoms with van der Waals surface area (Å²) in [5.74, 6) is -0.790. The number of rotatable bonds is 4. The molecule has 7 nitrogen and oxygen atoms in total. The Balaban J connectivity index is 1.88. The Morgan fingerprint density at radius 3 is 2.62 bits per heavy atom. The standard InChI is InChI=1S/C20H23ClFN3O4/c1-20(2,23)10-5-6-24(8-10)17-13(22)7-12-16(15(17)21)25(11-3-4-11)9-14(18(12)26)29-19(27)28/h7,9-11H,3-6,8,23H2,1-2H3,(H,27,28)/t10-/m1/s1. The van der Waals surface area contributed by atoms with E-state index in [-0.39, 0.29) is 33.8 Å². The third kappa shape index (κ3) is 3.55. The number of fused-ring (bicyclic) bond motifs is 1. The molecule has 1 aromatic carbocycles. The summed E-state index contributed by atoms with van der Waals surface area (Å²) in [7, 11) is 0. The maximum absolute atomic E-state index is 15.1. The Morgan fingerprint density at radius 2 is 2.07 bits per heavy atom. The van der Waals surface area contributed by atoms with Crippen molar-refractivity contribution in [3.05, 3.63) is 33.3 Å². The number of carbonyl (C=O) groups is 1. The highest BCUT2D eigenvalue weighted by atomic mass is 35.5. The zero-order valence-electron chi connectivity index (χ0n) is 16.2. The predicted octanol–water partition coefficient (Wildman–Crippen LogP) is 3.75. The van der Waals surface area contributed by atoms with Crippen molar-refractivity contribution in [1.82, 2.24) is 4.57 Å². The van der Waals surface area contributed by atoms with E-state index in [1.807, 2.05) is 18.7 Å². The van der Waals surface area contributed by atoms with Crippen LogP contribution in [0.25, 0.3) is 10.9 Å². The van der Waals surface area contributed by atoms with Crippen LogP contribution in [0, 0.1) is 11.7 Å². The van der Waals surface area contributed by atoms with Gasteiger partial charge in [0.05, 0.1) is 27.8 Å². The van der Waals surface area contributed by atoms with Gasteiger partial charge in [0.2, 0.25) is 5.43 Å². The highest BCUT2D eigenvalue weighted by Gasteiger charge is 2.35. The number of hydrogen-bond donors (Lipinski definition) is 2. The largest absolute Gasteiger partial charge is 0.511 e. The molecule has 1 aliphatic carbocycles. The summed E-state index contributed by atoms with van der Waals surface area (Å²) in [5.41, 5.74) is 5.80. The van der Waals surface area contributed by atoms with Gasteiger partial charge in [-0.3, -0.25) is 4.79 Å². The molecule has 4 rings (SSSR count). The molecule has 9 heteroatoms. The third-order valence-corrected chi connectivity index (χ3v) is 6.20. The summed E-state index contributed by atoms with van der Waals surface area (Å²) in [6.07, 6.45) is 2.30. The zero-order valence-corrected chi connectivity index (χ0v) is 17.0. The van der Waals surface area contributed by atoms with E-state index in [0.29, 0.717) is 18.6 Å². The molecule has 1 saturated carbocycles. The van der Waals surface area contributed by atoms with Gasteiger partial charge < -0.3 is 25.0 Å². The number of aromatic nitrogens is 1. The molecule has 2 heterocycles. The fourth-order valence-electron chi connectivity index (χ4n) is 4.07. The van der Waals surface area contributed by atoms with E-state index in [9.17, 15) is 9.59 Å². The Kier molecular flexibility index (Phi) is 4.74. The van der Waals surface area contributed by atoms with E-state index in [2.05, 4.69) is 4.74 Å². The molecule has 29 heavy (non-hydrogen) atoms. The lowest BCUT2D eigenvalue weighted by Crippen LogP contribution is -2.42. The van der Waals surface area contributed by atoms with Crippen LogP contribution in [0.4, 0.5) is 14.9 Å². The van der Waals surface area contributed by atoms with Gasteiger partial charge in [-0.15, -0.1) is 0 Å². The number of pyridine rings is 1. The Morgan fingerprint density at radius 1 is 1.38 bits per heavy atom. The lowest BCUT2D eigenvalue weighted by atomic mass is 9.88. The second kappa shape index (κ2) is 6.88. The molecule has 0 amide bonds. The molecule has 0 unspecified atom stereocenters. The minimum atomic E-state index is -1.60. The van der Waals surface area contributed by atoms with E-state index in [1.165, 1.54) is 6.20 Å². The van der Waals surface area contributed by atoms with Crippen molar-refractivity contribution in [3.63, 3.8) is 0 Å². The first-order valence-electron chi connectivity index (χ1n) is 9.59. The van der Waals surface area contributed by atoms with Crippen molar-refractivity contribution in [2.24, 2.45) is 11.7 Å². The molecule has 2 aromatic rings. The SMILES string of the molecule is CC(C)(N)[C@@H]1CCN(c2c(F)cc3c(=O)c(OC(=O)O)cn(C4CC4)c3c2Cl)C1. The molecular formula is C20H23ClFN3O4. The fraction of sp³-hybridized carbons (Fsp3) is 0.500. The average Bonchev–Trinajstić information content (AvgIpc) is 3.33. The van der Waals surface area contributed by atoms with Crippen LogP contribution < -0.4 is 20.8 Å². The van der Waals surface area contributed by atoms with E-state index in [0.717, 1.165) is 25.3 Å². The number of hydrogen-bond acceptors (Lipinski definition) is 5. The van der Waals surface area contributed by atoms with Gasteiger partial charge in [0.1, 0.15) is 5.82 Å². The quantitative estimate of drug-likeness (QED) is 0.727. The average molecular weight is 424 g/mol. The van der Waals surface area contributed by atoms with Gasteiger partial charge in [-0.2, -0.15) is 0 Å². The molecule has 0 spiro atoms. The van der Waals surface area contributed by atoms with Crippen molar-refractivity contribution >= 4 is 34.3 Å². The topological polar surface area (TPSA) is 97.8 Å². The summed E-state index contributed by atoms with van der Waals surface area (Å²) in [5, 5.41) is 9.07. The van der Waals surface area contributed by atoms with Crippen LogP contribution >= 0.6 is 11.6 Å². The summed E-state index contributed by atoms with van der Waals surface area (Å²) in [4.78, 5) is 25.5. The Labute approximate surface area is 171 Å². The first-order chi connectivity index (χ1) is 13.6. The minimum Gasteiger partial charge on any atom is -0.449 e. The van der Waals surface area contributed by atoms with Gasteiger partial charge in [-0.05, 0) is 45.1 Å². The second-order valence-corrected chi connectivity index (χ2v) is 8.88. The van der Waals surface area contributed by atoms with Crippen LogP contribution in [0.15, 0.2) is 17.1 Å². The van der Waals surface area contributed by atoms with Crippen LogP contribution in [-0.2, 0) is 0 Å². The number of halogens is 2. The number of carboxylic acid groups (broad SMARTS) is 1. The summed E-state index contributed by atoms with van der Waals surface area (Å²) >= 11 is 6.67. The summed E-state index contributed by atoms with van der Waals surface area (Å²) in [6.45, 7) is 5.09. The molecule has 1 aromatic heterocycles. The van der Waals surface area contributed by atoms with Gasteiger partial charge in [-0.25, -0.2) is 9.18 Å². The van der Waals surface area contributed by atoms with Gasteiger partial charge in [0.15, 0.2) is 5.75 Å². The molecule has 0 radical (unpaired) electrons. The molecule has 156 valence electrons. The van der Waals surface area contributed by atoms with Crippen LogP contribution in [0.1, 0.15) is 39.2 Å². The smallest absolute Gasteiger partial charge is 0.449 e. The number of anilines is 1. The summed E-state index contributed by atoms with van der Waals surface area (Å²) in [6, 6.07) is 1.20. The van der Waals surface area contributed by atoms with E-state index < -0.39 is 22.9 Å². The molecular weight excluding hydrogens is 401 g/mol. The monoisotopic (exact) mass is 423 g/mol. The van der Waals surface area contributed by atoms with Crippen molar-refractivity contribution in [2.45, 2.75) is 44.7 Å². The van der Waals surface area contributed by atoms with Crippen LogP contribution in [0.3, 0.4) is 0 Å². The van der Waals surface area contributed by atoms with Gasteiger partial charge in [0, 0.05) is 24.7 Å². The van der Waals surface area contributed by atoms with E-state index in [1.54, 1.807) is 4.57 Å². The highest BCUT2D eigenvalue weighted by Crippen LogP contribution is 2.44. The molecule has 0 bridgehead atoms. The van der Waals surface area contributed by atoms with Crippen molar-refractivity contribution in [3.8, 4) is 5.75 Å².